The number of ether oxygens (including phenoxy) is 2. The molecule has 0 heterocycles. The maximum atomic E-state index is 12.6. The molecule has 4 N–H and O–H groups in total. The van der Waals surface area contributed by atoms with Crippen molar-refractivity contribution in [2.75, 3.05) is 6.54 Å². The summed E-state index contributed by atoms with van der Waals surface area (Å²) in [5, 5.41) is 11.2. The lowest BCUT2D eigenvalue weighted by Crippen LogP contribution is -2.54. The first kappa shape index (κ1) is 34.4. The van der Waals surface area contributed by atoms with Crippen molar-refractivity contribution in [3.63, 3.8) is 0 Å². The molecule has 0 aliphatic heterocycles. The van der Waals surface area contributed by atoms with Crippen molar-refractivity contribution in [1.29, 1.82) is 0 Å². The number of nitrogens with two attached hydrogens (primary N) is 1. The third-order valence-electron chi connectivity index (χ3n) is 12.9. The van der Waals surface area contributed by atoms with Crippen molar-refractivity contribution in [3.8, 4) is 0 Å². The first-order valence-corrected chi connectivity index (χ1v) is 17.5. The van der Waals surface area contributed by atoms with Crippen LogP contribution in [0.3, 0.4) is 0 Å². The van der Waals surface area contributed by atoms with Gasteiger partial charge in [0.15, 0.2) is 0 Å². The molecule has 0 radical (unpaired) electrons. The average molecular weight is 639 g/mol. The molecule has 5 rings (SSSR count). The molecule has 0 saturated heterocycles. The zero-order chi connectivity index (χ0) is 33.1. The molecular formula is C37H54N2O7. The Kier molecular flexibility index (Phi) is 10.8. The summed E-state index contributed by atoms with van der Waals surface area (Å²) < 4.78 is 11.4. The summed E-state index contributed by atoms with van der Waals surface area (Å²) >= 11 is 0. The van der Waals surface area contributed by atoms with Crippen molar-refractivity contribution in [2.24, 2.45) is 52.1 Å². The number of amides is 1. The number of nitrogens with one attached hydrogen (secondary N) is 1. The van der Waals surface area contributed by atoms with E-state index in [-0.39, 0.29) is 24.0 Å². The Labute approximate surface area is 273 Å². The molecule has 4 aliphatic carbocycles. The smallest absolute Gasteiger partial charge is 0.325 e. The van der Waals surface area contributed by atoms with Crippen LogP contribution < -0.4 is 11.1 Å². The molecule has 254 valence electrons. The van der Waals surface area contributed by atoms with Gasteiger partial charge in [0.1, 0.15) is 19.3 Å². The highest BCUT2D eigenvalue weighted by Gasteiger charge is 2.60. The van der Waals surface area contributed by atoms with Crippen molar-refractivity contribution >= 4 is 23.8 Å². The lowest BCUT2D eigenvalue weighted by Gasteiger charge is -2.61. The molecule has 0 aromatic heterocycles. The number of fused-ring (bicyclic) bond motifs is 5. The van der Waals surface area contributed by atoms with Gasteiger partial charge in [-0.25, -0.2) is 0 Å². The van der Waals surface area contributed by atoms with E-state index in [1.54, 1.807) is 0 Å². The van der Waals surface area contributed by atoms with Crippen LogP contribution in [0.25, 0.3) is 0 Å². The second-order valence-corrected chi connectivity index (χ2v) is 15.4. The second kappa shape index (κ2) is 14.4. The number of aliphatic carboxylic acids is 1. The van der Waals surface area contributed by atoms with Gasteiger partial charge in [-0.1, -0.05) is 51.1 Å². The van der Waals surface area contributed by atoms with Crippen LogP contribution in [0.1, 0.15) is 103 Å². The average Bonchev–Trinajstić information content (AvgIpc) is 3.39. The predicted octanol–water partition coefficient (Wildman–Crippen LogP) is 5.64. The van der Waals surface area contributed by atoms with E-state index in [0.29, 0.717) is 42.1 Å². The normalized spacial score (nSPS) is 34.6. The molecule has 4 saturated carbocycles. The van der Waals surface area contributed by atoms with Gasteiger partial charge in [0.05, 0.1) is 12.5 Å². The van der Waals surface area contributed by atoms with E-state index < -0.39 is 30.3 Å². The SMILES string of the molecule is C[C@@H](CCC(=O)OCc1ccccc1)[C@H]1CC[C@H]2[C@@H]3CC[C@@H]4C[C@H](OC(=O)CNC(=O)[C@@H](N)CC(=O)O)CC[C@]4(C)[C@H]3CC[C@]12C. The standard InChI is InChI=1S/C37H54N2O7/c1-23(9-14-33(42)45-22-24-7-5-4-6-8-24)28-12-13-29-27-11-10-25-19-26(15-17-36(25,2)30(27)16-18-37(28,29)3)46-34(43)21-39-35(44)31(38)20-32(40)41/h4-8,23,25-31H,9-22,38H2,1-3H3,(H,39,44)(H,40,41)/t23-,25+,26+,27-,28+,29-,30-,31-,36-,37+/m0/s1. The fourth-order valence-electron chi connectivity index (χ4n) is 10.5. The Morgan fingerprint density at radius 2 is 1.67 bits per heavy atom. The highest BCUT2D eigenvalue weighted by atomic mass is 16.5. The molecule has 0 spiro atoms. The van der Waals surface area contributed by atoms with Crippen LogP contribution in [0.15, 0.2) is 30.3 Å². The van der Waals surface area contributed by atoms with Crippen molar-refractivity contribution in [2.45, 2.75) is 117 Å². The van der Waals surface area contributed by atoms with E-state index in [4.69, 9.17) is 20.3 Å². The molecule has 9 nitrogen and oxygen atoms in total. The van der Waals surface area contributed by atoms with Gasteiger partial charge in [-0.3, -0.25) is 19.2 Å². The summed E-state index contributed by atoms with van der Waals surface area (Å²) in [6.45, 7) is 7.44. The molecule has 4 fully saturated rings. The van der Waals surface area contributed by atoms with Crippen LogP contribution in [0.5, 0.6) is 0 Å². The van der Waals surface area contributed by atoms with E-state index in [0.717, 1.165) is 49.5 Å². The molecular weight excluding hydrogens is 584 g/mol. The van der Waals surface area contributed by atoms with Gasteiger partial charge in [-0.2, -0.15) is 0 Å². The number of carbonyl (C=O) groups is 4. The third-order valence-corrected chi connectivity index (χ3v) is 12.9. The lowest BCUT2D eigenvalue weighted by molar-refractivity contribution is -0.162. The van der Waals surface area contributed by atoms with Crippen LogP contribution in [0.2, 0.25) is 0 Å². The number of hydrogen-bond donors (Lipinski definition) is 3. The Balaban J connectivity index is 1.10. The highest BCUT2D eigenvalue weighted by Crippen LogP contribution is 2.68. The largest absolute Gasteiger partial charge is 0.481 e. The van der Waals surface area contributed by atoms with Crippen molar-refractivity contribution < 1.29 is 33.8 Å². The molecule has 1 aromatic rings. The number of benzene rings is 1. The number of carbonyl (C=O) groups excluding carboxylic acids is 3. The van der Waals surface area contributed by atoms with Gasteiger partial charge in [0.2, 0.25) is 5.91 Å². The number of hydrogen-bond acceptors (Lipinski definition) is 7. The van der Waals surface area contributed by atoms with Crippen LogP contribution in [0, 0.1) is 46.3 Å². The highest BCUT2D eigenvalue weighted by molar-refractivity contribution is 5.88. The summed E-state index contributed by atoms with van der Waals surface area (Å²) in [5.74, 6) is 1.38. The topological polar surface area (TPSA) is 145 Å². The zero-order valence-corrected chi connectivity index (χ0v) is 27.9. The fraction of sp³-hybridized carbons (Fsp3) is 0.730. The molecule has 4 aliphatic rings. The van der Waals surface area contributed by atoms with Gasteiger partial charge in [-0.15, -0.1) is 0 Å². The number of carboxylic acids is 1. The molecule has 1 amide bonds. The van der Waals surface area contributed by atoms with Gasteiger partial charge in [0.25, 0.3) is 0 Å². The van der Waals surface area contributed by atoms with Gasteiger partial charge in [0, 0.05) is 6.42 Å². The van der Waals surface area contributed by atoms with Crippen LogP contribution in [-0.4, -0.2) is 47.6 Å². The zero-order valence-electron chi connectivity index (χ0n) is 27.9. The third kappa shape index (κ3) is 7.45. The maximum Gasteiger partial charge on any atom is 0.325 e. The summed E-state index contributed by atoms with van der Waals surface area (Å²) in [7, 11) is 0. The van der Waals surface area contributed by atoms with Gasteiger partial charge in [-0.05, 0) is 116 Å². The number of rotatable bonds is 12. The van der Waals surface area contributed by atoms with E-state index in [2.05, 4.69) is 26.1 Å². The van der Waals surface area contributed by atoms with E-state index in [1.165, 1.54) is 32.1 Å². The monoisotopic (exact) mass is 638 g/mol. The van der Waals surface area contributed by atoms with E-state index >= 15 is 0 Å². The van der Waals surface area contributed by atoms with Gasteiger partial charge < -0.3 is 25.6 Å². The minimum Gasteiger partial charge on any atom is -0.481 e. The minimum atomic E-state index is -1.19. The Morgan fingerprint density at radius 1 is 0.957 bits per heavy atom. The molecule has 0 unspecified atom stereocenters. The Morgan fingerprint density at radius 3 is 2.41 bits per heavy atom. The maximum absolute atomic E-state index is 12.6. The molecule has 0 bridgehead atoms. The summed E-state index contributed by atoms with van der Waals surface area (Å²) in [6, 6.07) is 8.66. The molecule has 46 heavy (non-hydrogen) atoms. The quantitative estimate of drug-likeness (QED) is 0.250. The Bertz CT molecular complexity index is 1260. The van der Waals surface area contributed by atoms with Gasteiger partial charge >= 0.3 is 17.9 Å². The lowest BCUT2D eigenvalue weighted by atomic mass is 9.44. The first-order chi connectivity index (χ1) is 21.9. The number of carboxylic acid groups (broad SMARTS) is 1. The summed E-state index contributed by atoms with van der Waals surface area (Å²) in [6.07, 6.45) is 10.9. The van der Waals surface area contributed by atoms with Crippen molar-refractivity contribution in [1.82, 2.24) is 5.32 Å². The predicted molar refractivity (Wildman–Crippen MR) is 173 cm³/mol. The number of esters is 2. The van der Waals surface area contributed by atoms with Crippen LogP contribution >= 0.6 is 0 Å². The van der Waals surface area contributed by atoms with Crippen LogP contribution in [0.4, 0.5) is 0 Å². The van der Waals surface area contributed by atoms with E-state index in [9.17, 15) is 19.2 Å². The molecule has 1 aromatic carbocycles. The fourth-order valence-corrected chi connectivity index (χ4v) is 10.5. The van der Waals surface area contributed by atoms with E-state index in [1.807, 2.05) is 30.3 Å². The minimum absolute atomic E-state index is 0.101. The van der Waals surface area contributed by atoms with Crippen molar-refractivity contribution in [3.05, 3.63) is 35.9 Å². The molecule has 9 heteroatoms. The second-order valence-electron chi connectivity index (χ2n) is 15.4. The first-order valence-electron chi connectivity index (χ1n) is 17.5. The van der Waals surface area contributed by atoms with Crippen LogP contribution in [-0.2, 0) is 35.3 Å². The summed E-state index contributed by atoms with van der Waals surface area (Å²) in [5.41, 5.74) is 7.17. The Hall–Kier alpha value is -2.94. The molecule has 10 atom stereocenters. The summed E-state index contributed by atoms with van der Waals surface area (Å²) in [4.78, 5) is 47.9.